The first-order valence-corrected chi connectivity index (χ1v) is 8.92. The zero-order chi connectivity index (χ0) is 18.4. The van der Waals surface area contributed by atoms with E-state index in [0.29, 0.717) is 12.1 Å². The van der Waals surface area contributed by atoms with Crippen LogP contribution in [0.2, 0.25) is 0 Å². The number of hydrogen-bond donors (Lipinski definition) is 1. The highest BCUT2D eigenvalue weighted by molar-refractivity contribution is 7.09. The summed E-state index contributed by atoms with van der Waals surface area (Å²) >= 11 is 1.46. The van der Waals surface area contributed by atoms with Crippen molar-refractivity contribution >= 4 is 23.2 Å². The predicted octanol–water partition coefficient (Wildman–Crippen LogP) is 3.13. The molecule has 0 saturated heterocycles. The summed E-state index contributed by atoms with van der Waals surface area (Å²) < 4.78 is 12.9. The Morgan fingerprint density at radius 1 is 1.28 bits per heavy atom. The molecular weight excluding hydrogens is 343 g/mol. The molecule has 5 nitrogen and oxygen atoms in total. The normalized spacial score (nSPS) is 10.9. The minimum atomic E-state index is -0.923. The van der Waals surface area contributed by atoms with E-state index in [-0.39, 0.29) is 37.2 Å². The van der Waals surface area contributed by atoms with E-state index in [0.717, 1.165) is 10.6 Å². The van der Waals surface area contributed by atoms with Gasteiger partial charge in [0, 0.05) is 24.4 Å². The molecule has 1 amide bonds. The second-order valence-corrected chi connectivity index (χ2v) is 6.98. The van der Waals surface area contributed by atoms with Gasteiger partial charge in [-0.3, -0.25) is 9.59 Å². The predicted molar refractivity (Wildman–Crippen MR) is 94.1 cm³/mol. The zero-order valence-corrected chi connectivity index (χ0v) is 15.1. The van der Waals surface area contributed by atoms with Gasteiger partial charge in [-0.05, 0) is 31.5 Å². The number of carbonyl (C=O) groups excluding carboxylic acids is 1. The smallest absolute Gasteiger partial charge is 0.305 e. The van der Waals surface area contributed by atoms with Crippen LogP contribution >= 0.6 is 11.3 Å². The molecule has 0 radical (unpaired) electrons. The van der Waals surface area contributed by atoms with Crippen LogP contribution in [0.3, 0.4) is 0 Å². The molecule has 0 unspecified atom stereocenters. The van der Waals surface area contributed by atoms with Gasteiger partial charge in [-0.15, -0.1) is 11.3 Å². The molecule has 1 N–H and O–H groups in total. The lowest BCUT2D eigenvalue weighted by Crippen LogP contribution is -2.39. The van der Waals surface area contributed by atoms with Gasteiger partial charge in [-0.25, -0.2) is 9.37 Å². The highest BCUT2D eigenvalue weighted by Crippen LogP contribution is 2.16. The summed E-state index contributed by atoms with van der Waals surface area (Å²) in [5.74, 6) is -1.33. The molecule has 25 heavy (non-hydrogen) atoms. The third-order valence-electron chi connectivity index (χ3n) is 3.71. The van der Waals surface area contributed by atoms with Gasteiger partial charge in [0.15, 0.2) is 0 Å². The first kappa shape index (κ1) is 19.1. The van der Waals surface area contributed by atoms with E-state index in [9.17, 15) is 14.0 Å². The van der Waals surface area contributed by atoms with E-state index in [1.807, 2.05) is 19.2 Å². The SMILES string of the molecule is CC(C)N(CCC(=O)O)C(=O)Cc1csc(Cc2ccc(F)cc2)n1. The number of hydrogen-bond acceptors (Lipinski definition) is 4. The van der Waals surface area contributed by atoms with Gasteiger partial charge in [0.2, 0.25) is 5.91 Å². The third-order valence-corrected chi connectivity index (χ3v) is 4.61. The van der Waals surface area contributed by atoms with Crippen LogP contribution in [0.1, 0.15) is 36.5 Å². The second-order valence-electron chi connectivity index (χ2n) is 6.04. The molecule has 1 aromatic carbocycles. The van der Waals surface area contributed by atoms with Gasteiger partial charge >= 0.3 is 5.97 Å². The van der Waals surface area contributed by atoms with Gasteiger partial charge in [-0.2, -0.15) is 0 Å². The number of thiazole rings is 1. The summed E-state index contributed by atoms with van der Waals surface area (Å²) in [5, 5.41) is 11.5. The minimum absolute atomic E-state index is 0.0656. The quantitative estimate of drug-likeness (QED) is 0.781. The molecule has 0 spiro atoms. The molecule has 0 aliphatic carbocycles. The fourth-order valence-corrected chi connectivity index (χ4v) is 3.26. The molecule has 0 saturated carbocycles. The van der Waals surface area contributed by atoms with Crippen LogP contribution in [0.25, 0.3) is 0 Å². The van der Waals surface area contributed by atoms with Gasteiger partial charge < -0.3 is 10.0 Å². The number of aliphatic carboxylic acids is 1. The standard InChI is InChI=1S/C18H21FN2O3S/c1-12(2)21(8-7-18(23)24)17(22)10-15-11-25-16(20-15)9-13-3-5-14(19)6-4-13/h3-6,11-12H,7-10H2,1-2H3,(H,23,24). The fourth-order valence-electron chi connectivity index (χ4n) is 2.43. The van der Waals surface area contributed by atoms with Crippen molar-refractivity contribution in [1.29, 1.82) is 0 Å². The Balaban J connectivity index is 1.97. The summed E-state index contributed by atoms with van der Waals surface area (Å²) in [6.07, 6.45) is 0.667. The first-order valence-electron chi connectivity index (χ1n) is 8.04. The Kier molecular flexibility index (Phi) is 6.64. The largest absolute Gasteiger partial charge is 0.481 e. The number of benzene rings is 1. The van der Waals surface area contributed by atoms with E-state index < -0.39 is 5.97 Å². The maximum absolute atomic E-state index is 12.9. The van der Waals surface area contributed by atoms with Crippen molar-refractivity contribution in [2.45, 2.75) is 39.2 Å². The molecule has 1 aromatic heterocycles. The number of rotatable bonds is 8. The van der Waals surface area contributed by atoms with Crippen molar-refractivity contribution in [3.05, 3.63) is 51.7 Å². The Morgan fingerprint density at radius 2 is 1.96 bits per heavy atom. The van der Waals surface area contributed by atoms with Gasteiger partial charge in [0.1, 0.15) is 5.82 Å². The van der Waals surface area contributed by atoms with Gasteiger partial charge in [-0.1, -0.05) is 12.1 Å². The number of carbonyl (C=O) groups is 2. The highest BCUT2D eigenvalue weighted by atomic mass is 32.1. The van der Waals surface area contributed by atoms with Crippen LogP contribution in [0.15, 0.2) is 29.6 Å². The summed E-state index contributed by atoms with van der Waals surface area (Å²) in [5.41, 5.74) is 1.63. The lowest BCUT2D eigenvalue weighted by atomic mass is 10.1. The van der Waals surface area contributed by atoms with Crippen LogP contribution < -0.4 is 0 Å². The molecule has 134 valence electrons. The van der Waals surface area contributed by atoms with E-state index in [2.05, 4.69) is 4.98 Å². The van der Waals surface area contributed by atoms with Crippen LogP contribution in [0, 0.1) is 5.82 Å². The maximum atomic E-state index is 12.9. The Morgan fingerprint density at radius 3 is 2.56 bits per heavy atom. The first-order chi connectivity index (χ1) is 11.8. The number of amides is 1. The number of carboxylic acids is 1. The molecule has 0 fully saturated rings. The zero-order valence-electron chi connectivity index (χ0n) is 14.2. The van der Waals surface area contributed by atoms with Crippen LogP contribution in [-0.4, -0.2) is 39.5 Å². The monoisotopic (exact) mass is 364 g/mol. The number of halogens is 1. The molecule has 0 aliphatic heterocycles. The number of carboxylic acid groups (broad SMARTS) is 1. The summed E-state index contributed by atoms with van der Waals surface area (Å²) in [7, 11) is 0. The van der Waals surface area contributed by atoms with Crippen molar-refractivity contribution in [2.24, 2.45) is 0 Å². The van der Waals surface area contributed by atoms with Gasteiger partial charge in [0.05, 0.1) is 23.5 Å². The minimum Gasteiger partial charge on any atom is -0.481 e. The lowest BCUT2D eigenvalue weighted by Gasteiger charge is -2.25. The highest BCUT2D eigenvalue weighted by Gasteiger charge is 2.19. The molecule has 0 bridgehead atoms. The van der Waals surface area contributed by atoms with Gasteiger partial charge in [0.25, 0.3) is 0 Å². The molecule has 7 heteroatoms. The Bertz CT molecular complexity index is 728. The second kappa shape index (κ2) is 8.71. The van der Waals surface area contributed by atoms with Crippen molar-refractivity contribution in [2.75, 3.05) is 6.54 Å². The molecular formula is C18H21FN2O3S. The fraction of sp³-hybridized carbons (Fsp3) is 0.389. The van der Waals surface area contributed by atoms with E-state index in [1.165, 1.54) is 23.5 Å². The molecule has 1 heterocycles. The summed E-state index contributed by atoms with van der Waals surface area (Å²) in [6.45, 7) is 3.92. The Hall–Kier alpha value is -2.28. The van der Waals surface area contributed by atoms with Crippen LogP contribution in [0.5, 0.6) is 0 Å². The molecule has 0 atom stereocenters. The molecule has 0 aliphatic rings. The van der Waals surface area contributed by atoms with Crippen molar-refractivity contribution in [3.8, 4) is 0 Å². The number of aromatic nitrogens is 1. The average molecular weight is 364 g/mol. The Labute approximate surface area is 150 Å². The summed E-state index contributed by atoms with van der Waals surface area (Å²) in [6, 6.07) is 6.19. The number of nitrogens with zero attached hydrogens (tertiary/aromatic N) is 2. The molecule has 2 rings (SSSR count). The lowest BCUT2D eigenvalue weighted by molar-refractivity contribution is -0.139. The van der Waals surface area contributed by atoms with E-state index >= 15 is 0 Å². The average Bonchev–Trinajstić information content (AvgIpc) is 2.96. The van der Waals surface area contributed by atoms with Crippen molar-refractivity contribution in [3.63, 3.8) is 0 Å². The van der Waals surface area contributed by atoms with Crippen LogP contribution in [-0.2, 0) is 22.4 Å². The third kappa shape index (κ3) is 5.94. The van der Waals surface area contributed by atoms with E-state index in [1.54, 1.807) is 17.0 Å². The van der Waals surface area contributed by atoms with Crippen LogP contribution in [0.4, 0.5) is 4.39 Å². The molecule has 2 aromatic rings. The van der Waals surface area contributed by atoms with Crippen molar-refractivity contribution < 1.29 is 19.1 Å². The summed E-state index contributed by atoms with van der Waals surface area (Å²) in [4.78, 5) is 29.2. The topological polar surface area (TPSA) is 70.5 Å². The van der Waals surface area contributed by atoms with Crippen molar-refractivity contribution in [1.82, 2.24) is 9.88 Å². The maximum Gasteiger partial charge on any atom is 0.305 e. The van der Waals surface area contributed by atoms with E-state index in [4.69, 9.17) is 5.11 Å².